The lowest BCUT2D eigenvalue weighted by molar-refractivity contribution is -0.302. The van der Waals surface area contributed by atoms with Crippen LogP contribution in [-0.4, -0.2) is 87.5 Å². The molecule has 0 aromatic carbocycles. The van der Waals surface area contributed by atoms with E-state index in [0.29, 0.717) is 12.8 Å². The normalized spacial score (nSPS) is 18.8. The minimum Gasteiger partial charge on any atom is -0.394 e. The smallest absolute Gasteiger partial charge is 0.220 e. The van der Waals surface area contributed by atoms with Gasteiger partial charge in [0.2, 0.25) is 5.91 Å². The van der Waals surface area contributed by atoms with Crippen LogP contribution in [0.25, 0.3) is 0 Å². The molecule has 1 saturated heterocycles. The molecule has 0 radical (unpaired) electrons. The van der Waals surface area contributed by atoms with E-state index in [0.717, 1.165) is 64.2 Å². The van der Waals surface area contributed by atoms with Gasteiger partial charge in [0.15, 0.2) is 6.29 Å². The molecule has 9 nitrogen and oxygen atoms in total. The summed E-state index contributed by atoms with van der Waals surface area (Å²) in [5.41, 5.74) is 0. The molecule has 1 aliphatic heterocycles. The Hall–Kier alpha value is -1.85. The maximum Gasteiger partial charge on any atom is 0.220 e. The molecule has 0 saturated carbocycles. The van der Waals surface area contributed by atoms with Crippen LogP contribution < -0.4 is 5.32 Å². The minimum atomic E-state index is -1.56. The Labute approximate surface area is 488 Å². The predicted molar refractivity (Wildman–Crippen MR) is 336 cm³/mol. The van der Waals surface area contributed by atoms with Crippen molar-refractivity contribution in [2.45, 2.75) is 378 Å². The third-order valence-corrected chi connectivity index (χ3v) is 16.4. The van der Waals surface area contributed by atoms with E-state index in [1.54, 1.807) is 0 Å². The number of aliphatic hydroxyl groups excluding tert-OH is 5. The quantitative estimate of drug-likeness (QED) is 0.0261. The first-order valence-corrected chi connectivity index (χ1v) is 34.3. The highest BCUT2D eigenvalue weighted by molar-refractivity contribution is 5.76. The first-order valence-electron chi connectivity index (χ1n) is 34.3. The van der Waals surface area contributed by atoms with E-state index in [-0.39, 0.29) is 12.5 Å². The number of hydrogen-bond donors (Lipinski definition) is 6. The summed E-state index contributed by atoms with van der Waals surface area (Å²) in [4.78, 5) is 13.1. The van der Waals surface area contributed by atoms with Gasteiger partial charge in [-0.05, 0) is 51.4 Å². The molecule has 0 bridgehead atoms. The van der Waals surface area contributed by atoms with E-state index in [1.807, 2.05) is 0 Å². The molecule has 1 rings (SSSR count). The molecule has 464 valence electrons. The van der Waals surface area contributed by atoms with Crippen LogP contribution in [0.1, 0.15) is 335 Å². The zero-order valence-corrected chi connectivity index (χ0v) is 51.9. The number of hydrogen-bond acceptors (Lipinski definition) is 8. The van der Waals surface area contributed by atoms with Crippen LogP contribution in [0.4, 0.5) is 0 Å². The highest BCUT2D eigenvalue weighted by atomic mass is 16.7. The van der Waals surface area contributed by atoms with Gasteiger partial charge in [0.25, 0.3) is 0 Å². The van der Waals surface area contributed by atoms with Gasteiger partial charge >= 0.3 is 0 Å². The molecule has 6 N–H and O–H groups in total. The standard InChI is InChI=1S/C70H131NO8/c1-3-5-7-9-11-13-15-17-19-21-23-25-27-29-30-31-32-33-34-36-37-39-41-43-45-47-49-51-53-55-57-59-64(73)63(62-78-70-69(77)68(76)67(75)65(61-72)79-70)71-66(74)60-58-56-54-52-50-48-46-44-42-40-38-35-28-26-24-22-20-18-16-14-12-10-8-6-4-2/h6,8,12,14,18,20,24,26,63-65,67-70,72-73,75-77H,3-5,7,9-11,13,15-17,19,21-23,25,27-62H2,1-2H3,(H,71,74)/b8-6-,14-12-,20-18-,26-24-. The van der Waals surface area contributed by atoms with Crippen LogP contribution in [0.2, 0.25) is 0 Å². The van der Waals surface area contributed by atoms with Crippen LogP contribution >= 0.6 is 0 Å². The van der Waals surface area contributed by atoms with Crippen LogP contribution in [0.3, 0.4) is 0 Å². The number of ether oxygens (including phenoxy) is 2. The number of allylic oxidation sites excluding steroid dienone is 8. The minimum absolute atomic E-state index is 0.138. The number of aliphatic hydroxyl groups is 5. The van der Waals surface area contributed by atoms with Gasteiger partial charge in [0, 0.05) is 6.42 Å². The summed E-state index contributed by atoms with van der Waals surface area (Å²) in [6.07, 6.45) is 73.2. The Morgan fingerprint density at radius 2 is 0.785 bits per heavy atom. The second-order valence-electron chi connectivity index (χ2n) is 23.9. The van der Waals surface area contributed by atoms with Gasteiger partial charge in [0.1, 0.15) is 24.4 Å². The molecule has 1 fully saturated rings. The lowest BCUT2D eigenvalue weighted by Crippen LogP contribution is -2.60. The third kappa shape index (κ3) is 48.3. The van der Waals surface area contributed by atoms with Crippen molar-refractivity contribution in [1.82, 2.24) is 5.32 Å². The van der Waals surface area contributed by atoms with Crippen LogP contribution in [0.5, 0.6) is 0 Å². The van der Waals surface area contributed by atoms with Crippen LogP contribution in [0, 0.1) is 0 Å². The lowest BCUT2D eigenvalue weighted by Gasteiger charge is -2.40. The van der Waals surface area contributed by atoms with Gasteiger partial charge in [-0.1, -0.05) is 326 Å². The van der Waals surface area contributed by atoms with Crippen LogP contribution in [0.15, 0.2) is 48.6 Å². The summed E-state index contributed by atoms with van der Waals surface area (Å²) in [6.45, 7) is 3.77. The molecule has 0 aromatic heterocycles. The van der Waals surface area contributed by atoms with Gasteiger partial charge < -0.3 is 40.3 Å². The fourth-order valence-corrected chi connectivity index (χ4v) is 11.1. The average molecular weight is 1110 g/mol. The molecule has 0 aliphatic carbocycles. The summed E-state index contributed by atoms with van der Waals surface area (Å²) >= 11 is 0. The molecule has 1 amide bonds. The summed E-state index contributed by atoms with van der Waals surface area (Å²) in [5, 5.41) is 54.9. The van der Waals surface area contributed by atoms with Crippen molar-refractivity contribution in [3.63, 3.8) is 0 Å². The van der Waals surface area contributed by atoms with E-state index in [2.05, 4.69) is 67.8 Å². The van der Waals surface area contributed by atoms with Crippen molar-refractivity contribution in [1.29, 1.82) is 0 Å². The van der Waals surface area contributed by atoms with Gasteiger partial charge in [-0.3, -0.25) is 4.79 Å². The highest BCUT2D eigenvalue weighted by Gasteiger charge is 2.44. The van der Waals surface area contributed by atoms with Crippen molar-refractivity contribution < 1.29 is 39.8 Å². The largest absolute Gasteiger partial charge is 0.394 e. The Bertz CT molecular complexity index is 1380. The van der Waals surface area contributed by atoms with Crippen LogP contribution in [-0.2, 0) is 14.3 Å². The SMILES string of the molecule is CC/C=C\C/C=C\C/C=C\C/C=C\CCCCCCCCCCCCCCC(=O)NC(COC1OC(CO)C(O)C(O)C1O)C(O)CCCCCCCCCCCCCCCCCCCCCCCCCCCCCCCCC. The van der Waals surface area contributed by atoms with Crippen molar-refractivity contribution in [2.75, 3.05) is 13.2 Å². The van der Waals surface area contributed by atoms with E-state index < -0.39 is 49.5 Å². The average Bonchev–Trinajstić information content (AvgIpc) is 3.47. The Morgan fingerprint density at radius 3 is 1.16 bits per heavy atom. The van der Waals surface area contributed by atoms with Crippen molar-refractivity contribution in [3.05, 3.63) is 48.6 Å². The second-order valence-corrected chi connectivity index (χ2v) is 23.9. The van der Waals surface area contributed by atoms with Gasteiger partial charge in [-0.25, -0.2) is 0 Å². The zero-order valence-electron chi connectivity index (χ0n) is 51.9. The Balaban J connectivity index is 2.11. The van der Waals surface area contributed by atoms with E-state index in [4.69, 9.17) is 9.47 Å². The van der Waals surface area contributed by atoms with E-state index in [9.17, 15) is 30.3 Å². The first-order chi connectivity index (χ1) is 38.8. The maximum absolute atomic E-state index is 13.1. The van der Waals surface area contributed by atoms with E-state index in [1.165, 1.54) is 244 Å². The number of nitrogens with one attached hydrogen (secondary N) is 1. The number of unbranched alkanes of at least 4 members (excludes halogenated alkanes) is 42. The fraction of sp³-hybridized carbons (Fsp3) is 0.871. The molecule has 1 aliphatic rings. The third-order valence-electron chi connectivity index (χ3n) is 16.4. The maximum atomic E-state index is 13.1. The monoisotopic (exact) mass is 1110 g/mol. The highest BCUT2D eigenvalue weighted by Crippen LogP contribution is 2.24. The molecule has 7 unspecified atom stereocenters. The van der Waals surface area contributed by atoms with Gasteiger partial charge in [-0.15, -0.1) is 0 Å². The summed E-state index contributed by atoms with van der Waals surface area (Å²) in [7, 11) is 0. The molecule has 9 heteroatoms. The van der Waals surface area contributed by atoms with Crippen molar-refractivity contribution >= 4 is 5.91 Å². The molecular formula is C70H131NO8. The number of carbonyl (C=O) groups is 1. The first kappa shape index (κ1) is 75.2. The zero-order chi connectivity index (χ0) is 57.2. The summed E-state index contributed by atoms with van der Waals surface area (Å²) < 4.78 is 11.4. The second kappa shape index (κ2) is 59.3. The predicted octanol–water partition coefficient (Wildman–Crippen LogP) is 18.4. The fourth-order valence-electron chi connectivity index (χ4n) is 11.1. The molecular weight excluding hydrogens is 983 g/mol. The van der Waals surface area contributed by atoms with Gasteiger partial charge in [0.05, 0.1) is 25.4 Å². The van der Waals surface area contributed by atoms with E-state index >= 15 is 0 Å². The Kier molecular flexibility index (Phi) is 56.4. The molecule has 0 aromatic rings. The number of carbonyl (C=O) groups excluding carboxylic acids is 1. The van der Waals surface area contributed by atoms with Crippen molar-refractivity contribution in [2.24, 2.45) is 0 Å². The molecule has 79 heavy (non-hydrogen) atoms. The molecule has 7 atom stereocenters. The van der Waals surface area contributed by atoms with Gasteiger partial charge in [-0.2, -0.15) is 0 Å². The number of amides is 1. The summed E-state index contributed by atoms with van der Waals surface area (Å²) in [6, 6.07) is -0.723. The summed E-state index contributed by atoms with van der Waals surface area (Å²) in [5.74, 6) is -0.143. The lowest BCUT2D eigenvalue weighted by atomic mass is 9.99. The topological polar surface area (TPSA) is 149 Å². The number of rotatable bonds is 60. The molecule has 1 heterocycles. The molecule has 0 spiro atoms. The Morgan fingerprint density at radius 1 is 0.443 bits per heavy atom. The van der Waals surface area contributed by atoms with Crippen molar-refractivity contribution in [3.8, 4) is 0 Å².